The Morgan fingerprint density at radius 3 is 2.15 bits per heavy atom. The van der Waals surface area contributed by atoms with Gasteiger partial charge < -0.3 is 5.32 Å². The molecule has 7 rings (SSSR count). The molecule has 20 heavy (non-hydrogen) atoms. The Morgan fingerprint density at radius 2 is 1.65 bits per heavy atom. The van der Waals surface area contributed by atoms with Gasteiger partial charge in [0, 0.05) is 25.2 Å². The average molecular weight is 274 g/mol. The van der Waals surface area contributed by atoms with Gasteiger partial charge in [-0.2, -0.15) is 0 Å². The molecule has 0 aromatic heterocycles. The molecule has 7 aliphatic rings. The van der Waals surface area contributed by atoms with Crippen LogP contribution >= 0.6 is 0 Å². The molecule has 6 bridgehead atoms. The Morgan fingerprint density at radius 1 is 0.950 bits per heavy atom. The van der Waals surface area contributed by atoms with Crippen LogP contribution in [0.3, 0.4) is 0 Å². The minimum Gasteiger partial charge on any atom is -0.311 e. The summed E-state index contributed by atoms with van der Waals surface area (Å²) in [6.45, 7) is 4.03. The van der Waals surface area contributed by atoms with Crippen molar-refractivity contribution in [2.24, 2.45) is 23.2 Å². The molecule has 1 N–H and O–H groups in total. The van der Waals surface area contributed by atoms with Gasteiger partial charge in [-0.1, -0.05) is 0 Å². The monoisotopic (exact) mass is 274 g/mol. The SMILES string of the molecule is C1C2CC3CC1CC(CCN1CC4CCC1CN4)(C2)C3. The van der Waals surface area contributed by atoms with Crippen molar-refractivity contribution in [2.45, 2.75) is 69.9 Å². The van der Waals surface area contributed by atoms with Crippen molar-refractivity contribution in [1.82, 2.24) is 10.2 Å². The molecular weight excluding hydrogens is 244 g/mol. The number of hydrogen-bond donors (Lipinski definition) is 1. The maximum Gasteiger partial charge on any atom is 0.0221 e. The number of hydrogen-bond acceptors (Lipinski definition) is 2. The number of piperidine rings is 2. The minimum absolute atomic E-state index is 0.791. The van der Waals surface area contributed by atoms with Crippen LogP contribution in [0.15, 0.2) is 0 Å². The third-order valence-corrected chi connectivity index (χ3v) is 7.56. The van der Waals surface area contributed by atoms with Crippen molar-refractivity contribution in [2.75, 3.05) is 19.6 Å². The van der Waals surface area contributed by atoms with Gasteiger partial charge in [-0.05, 0) is 87.5 Å². The molecule has 3 saturated heterocycles. The van der Waals surface area contributed by atoms with Gasteiger partial charge in [-0.3, -0.25) is 4.90 Å². The maximum atomic E-state index is 3.70. The number of piperazine rings is 1. The van der Waals surface area contributed by atoms with Crippen molar-refractivity contribution >= 4 is 0 Å². The van der Waals surface area contributed by atoms with Crippen molar-refractivity contribution in [3.8, 4) is 0 Å². The Balaban J connectivity index is 1.26. The highest BCUT2D eigenvalue weighted by molar-refractivity contribution is 5.02. The lowest BCUT2D eigenvalue weighted by Crippen LogP contribution is -2.61. The van der Waals surface area contributed by atoms with E-state index < -0.39 is 0 Å². The Labute approximate surface area is 123 Å². The molecule has 0 aromatic rings. The van der Waals surface area contributed by atoms with E-state index in [0.717, 1.165) is 35.3 Å². The van der Waals surface area contributed by atoms with Crippen LogP contribution in [0.1, 0.15) is 57.8 Å². The topological polar surface area (TPSA) is 15.3 Å². The predicted octanol–water partition coefficient (Wildman–Crippen LogP) is 3.03. The lowest BCUT2D eigenvalue weighted by Gasteiger charge is -2.58. The van der Waals surface area contributed by atoms with E-state index >= 15 is 0 Å². The number of nitrogens with one attached hydrogen (secondary N) is 1. The van der Waals surface area contributed by atoms with Crippen LogP contribution in [0.5, 0.6) is 0 Å². The highest BCUT2D eigenvalue weighted by Crippen LogP contribution is 2.61. The van der Waals surface area contributed by atoms with E-state index in [4.69, 9.17) is 0 Å². The van der Waals surface area contributed by atoms with Gasteiger partial charge in [0.05, 0.1) is 0 Å². The van der Waals surface area contributed by atoms with Crippen molar-refractivity contribution in [3.05, 3.63) is 0 Å². The lowest BCUT2D eigenvalue weighted by atomic mass is 9.49. The molecule has 112 valence electrons. The summed E-state index contributed by atoms with van der Waals surface area (Å²) in [5.41, 5.74) is 0.791. The summed E-state index contributed by atoms with van der Waals surface area (Å²) >= 11 is 0. The molecule has 0 spiro atoms. The molecule has 0 radical (unpaired) electrons. The van der Waals surface area contributed by atoms with Gasteiger partial charge in [-0.25, -0.2) is 0 Å². The first kappa shape index (κ1) is 12.5. The zero-order valence-corrected chi connectivity index (χ0v) is 12.8. The molecule has 0 aromatic carbocycles. The fourth-order valence-electron chi connectivity index (χ4n) is 7.05. The zero-order valence-electron chi connectivity index (χ0n) is 12.8. The molecule has 7 fully saturated rings. The van der Waals surface area contributed by atoms with Crippen molar-refractivity contribution in [1.29, 1.82) is 0 Å². The second kappa shape index (κ2) is 4.46. The van der Waals surface area contributed by atoms with E-state index in [-0.39, 0.29) is 0 Å². The normalized spacial score (nSPS) is 53.7. The quantitative estimate of drug-likeness (QED) is 0.851. The number of fused-ring (bicyclic) bond motifs is 3. The lowest BCUT2D eigenvalue weighted by molar-refractivity contribution is -0.0656. The largest absolute Gasteiger partial charge is 0.311 e. The van der Waals surface area contributed by atoms with Crippen LogP contribution in [0.25, 0.3) is 0 Å². The molecular formula is C18H30N2. The molecule has 4 aliphatic carbocycles. The predicted molar refractivity (Wildman–Crippen MR) is 81.6 cm³/mol. The minimum atomic E-state index is 0.791. The Hall–Kier alpha value is -0.0800. The smallest absolute Gasteiger partial charge is 0.0221 e. The van der Waals surface area contributed by atoms with E-state index in [1.807, 2.05) is 0 Å². The van der Waals surface area contributed by atoms with Crippen molar-refractivity contribution in [3.63, 3.8) is 0 Å². The van der Waals surface area contributed by atoms with Crippen LogP contribution in [0, 0.1) is 23.2 Å². The second-order valence-electron chi connectivity index (χ2n) is 9.00. The van der Waals surface area contributed by atoms with Crippen LogP contribution < -0.4 is 5.32 Å². The van der Waals surface area contributed by atoms with Gasteiger partial charge in [0.15, 0.2) is 0 Å². The van der Waals surface area contributed by atoms with Gasteiger partial charge in [0.1, 0.15) is 0 Å². The highest BCUT2D eigenvalue weighted by Gasteiger charge is 2.50. The summed E-state index contributed by atoms with van der Waals surface area (Å²) in [4.78, 5) is 2.85. The Kier molecular flexibility index (Phi) is 2.78. The van der Waals surface area contributed by atoms with Crippen LogP contribution in [-0.2, 0) is 0 Å². The molecule has 2 atom stereocenters. The molecule has 0 amide bonds. The summed E-state index contributed by atoms with van der Waals surface area (Å²) in [7, 11) is 0. The molecule has 2 unspecified atom stereocenters. The zero-order chi connectivity index (χ0) is 13.2. The standard InChI is InChI=1S/C18H30N2/c1-2-17-11-19-16(1)12-20(17)4-3-18-8-13-5-14(9-18)7-15(6-13)10-18/h13-17,19H,1-12H2. The number of nitrogens with zero attached hydrogens (tertiary/aromatic N) is 1. The Bertz CT molecular complexity index is 348. The second-order valence-corrected chi connectivity index (χ2v) is 9.00. The van der Waals surface area contributed by atoms with E-state index in [1.165, 1.54) is 38.9 Å². The maximum absolute atomic E-state index is 3.70. The molecule has 2 nitrogen and oxygen atoms in total. The molecule has 3 aliphatic heterocycles. The summed E-state index contributed by atoms with van der Waals surface area (Å²) in [5.74, 6) is 3.38. The fraction of sp³-hybridized carbons (Fsp3) is 1.00. The van der Waals surface area contributed by atoms with E-state index in [9.17, 15) is 0 Å². The van der Waals surface area contributed by atoms with Crippen LogP contribution in [0.2, 0.25) is 0 Å². The summed E-state index contributed by atoms with van der Waals surface area (Å²) in [6.07, 6.45) is 14.0. The summed E-state index contributed by atoms with van der Waals surface area (Å²) < 4.78 is 0. The molecule has 4 saturated carbocycles. The van der Waals surface area contributed by atoms with E-state index in [2.05, 4.69) is 10.2 Å². The van der Waals surface area contributed by atoms with Gasteiger partial charge in [0.2, 0.25) is 0 Å². The fourth-order valence-corrected chi connectivity index (χ4v) is 7.05. The highest BCUT2D eigenvalue weighted by atomic mass is 15.2. The first-order valence-electron chi connectivity index (χ1n) is 9.25. The van der Waals surface area contributed by atoms with Gasteiger partial charge in [-0.15, -0.1) is 0 Å². The van der Waals surface area contributed by atoms with Gasteiger partial charge in [0.25, 0.3) is 0 Å². The third kappa shape index (κ3) is 1.98. The summed E-state index contributed by atoms with van der Waals surface area (Å²) in [5, 5.41) is 3.70. The third-order valence-electron chi connectivity index (χ3n) is 7.56. The average Bonchev–Trinajstić information content (AvgIpc) is 2.45. The number of rotatable bonds is 3. The molecule has 3 heterocycles. The van der Waals surface area contributed by atoms with Crippen LogP contribution in [-0.4, -0.2) is 36.6 Å². The molecule has 2 heteroatoms. The first-order valence-corrected chi connectivity index (χ1v) is 9.25. The summed E-state index contributed by atoms with van der Waals surface area (Å²) in [6, 6.07) is 1.69. The van der Waals surface area contributed by atoms with Crippen molar-refractivity contribution < 1.29 is 0 Å². The van der Waals surface area contributed by atoms with Crippen LogP contribution in [0.4, 0.5) is 0 Å². The van der Waals surface area contributed by atoms with Gasteiger partial charge >= 0.3 is 0 Å². The van der Waals surface area contributed by atoms with E-state index in [0.29, 0.717) is 0 Å². The van der Waals surface area contributed by atoms with E-state index in [1.54, 1.807) is 38.5 Å². The first-order chi connectivity index (χ1) is 9.78.